The molecule has 4 nitrogen and oxygen atoms in total. The molecule has 2 rings (SSSR count). The van der Waals surface area contributed by atoms with Crippen molar-refractivity contribution >= 4 is 17.9 Å². The van der Waals surface area contributed by atoms with Crippen molar-refractivity contribution in [3.05, 3.63) is 47.1 Å². The van der Waals surface area contributed by atoms with E-state index in [2.05, 4.69) is 4.98 Å². The maximum atomic E-state index is 10.4. The van der Waals surface area contributed by atoms with E-state index in [0.717, 1.165) is 0 Å². The van der Waals surface area contributed by atoms with Gasteiger partial charge >= 0.3 is 0 Å². The van der Waals surface area contributed by atoms with Crippen LogP contribution in [0.3, 0.4) is 0 Å². The average molecular weight is 250 g/mol. The minimum absolute atomic E-state index is 0.0617. The van der Waals surface area contributed by atoms with Crippen LogP contribution < -0.4 is 4.74 Å². The molecule has 0 aliphatic heterocycles. The number of benzene rings is 1. The number of hydrogen-bond acceptors (Lipinski definition) is 4. The number of carbonyl (C=O) groups excluding carboxylic acids is 1. The molecule has 0 bridgehead atoms. The maximum absolute atomic E-state index is 10.4. The standard InChI is InChI=1S/C12H8ClNO3/c13-10-5-9(16)2-3-11(10)17-12-4-1-8(7-15)6-14-12/h1-7,16H. The fourth-order valence-corrected chi connectivity index (χ4v) is 1.42. The van der Waals surface area contributed by atoms with Crippen LogP contribution in [0.2, 0.25) is 5.02 Å². The lowest BCUT2D eigenvalue weighted by Crippen LogP contribution is -1.89. The zero-order chi connectivity index (χ0) is 12.3. The van der Waals surface area contributed by atoms with E-state index in [1.807, 2.05) is 0 Å². The van der Waals surface area contributed by atoms with Gasteiger partial charge < -0.3 is 9.84 Å². The molecular weight excluding hydrogens is 242 g/mol. The highest BCUT2D eigenvalue weighted by Gasteiger charge is 2.05. The minimum atomic E-state index is 0.0617. The minimum Gasteiger partial charge on any atom is -0.508 e. The number of hydrogen-bond donors (Lipinski definition) is 1. The van der Waals surface area contributed by atoms with Crippen molar-refractivity contribution < 1.29 is 14.6 Å². The first kappa shape index (κ1) is 11.4. The third-order valence-corrected chi connectivity index (χ3v) is 2.32. The Morgan fingerprint density at radius 3 is 2.71 bits per heavy atom. The summed E-state index contributed by atoms with van der Waals surface area (Å²) in [7, 11) is 0. The normalized spacial score (nSPS) is 9.94. The number of aromatic hydroxyl groups is 1. The molecule has 17 heavy (non-hydrogen) atoms. The number of nitrogens with zero attached hydrogens (tertiary/aromatic N) is 1. The van der Waals surface area contributed by atoms with Crippen LogP contribution in [0.1, 0.15) is 10.4 Å². The maximum Gasteiger partial charge on any atom is 0.219 e. The number of pyridine rings is 1. The van der Waals surface area contributed by atoms with Gasteiger partial charge in [-0.05, 0) is 18.2 Å². The molecule has 0 spiro atoms. The molecule has 0 aliphatic carbocycles. The second-order valence-corrected chi connectivity index (χ2v) is 3.67. The molecule has 1 aromatic heterocycles. The van der Waals surface area contributed by atoms with Crippen molar-refractivity contribution in [3.8, 4) is 17.4 Å². The Morgan fingerprint density at radius 2 is 2.12 bits per heavy atom. The number of phenolic OH excluding ortho intramolecular Hbond substituents is 1. The summed E-state index contributed by atoms with van der Waals surface area (Å²) in [6, 6.07) is 7.52. The molecule has 0 amide bonds. The molecule has 0 fully saturated rings. The van der Waals surface area contributed by atoms with E-state index in [9.17, 15) is 9.90 Å². The largest absolute Gasteiger partial charge is 0.508 e. The molecule has 86 valence electrons. The van der Waals surface area contributed by atoms with Crippen LogP contribution in [-0.4, -0.2) is 16.4 Å². The van der Waals surface area contributed by atoms with Crippen LogP contribution in [0, 0.1) is 0 Å². The van der Waals surface area contributed by atoms with Crippen molar-refractivity contribution in [1.82, 2.24) is 4.98 Å². The van der Waals surface area contributed by atoms with Crippen molar-refractivity contribution in [2.45, 2.75) is 0 Å². The Labute approximate surface area is 102 Å². The van der Waals surface area contributed by atoms with Crippen LogP contribution >= 0.6 is 11.6 Å². The molecule has 2 aromatic rings. The second kappa shape index (κ2) is 4.84. The molecule has 1 heterocycles. The first-order valence-electron chi connectivity index (χ1n) is 4.76. The number of phenols is 1. The van der Waals surface area contributed by atoms with Crippen LogP contribution in [0.15, 0.2) is 36.5 Å². The van der Waals surface area contributed by atoms with Crippen LogP contribution in [0.5, 0.6) is 17.4 Å². The summed E-state index contributed by atoms with van der Waals surface area (Å²) in [5, 5.41) is 9.46. The number of carbonyl (C=O) groups is 1. The summed E-state index contributed by atoms with van der Waals surface area (Å²) in [6.07, 6.45) is 2.10. The van der Waals surface area contributed by atoms with Gasteiger partial charge in [0, 0.05) is 23.9 Å². The zero-order valence-corrected chi connectivity index (χ0v) is 9.39. The summed E-state index contributed by atoms with van der Waals surface area (Å²) in [4.78, 5) is 14.4. The molecule has 1 aromatic carbocycles. The number of aromatic nitrogens is 1. The second-order valence-electron chi connectivity index (χ2n) is 3.26. The molecule has 0 saturated carbocycles. The topological polar surface area (TPSA) is 59.4 Å². The number of rotatable bonds is 3. The quantitative estimate of drug-likeness (QED) is 0.850. The fourth-order valence-electron chi connectivity index (χ4n) is 1.21. The van der Waals surface area contributed by atoms with Crippen molar-refractivity contribution in [2.24, 2.45) is 0 Å². The monoisotopic (exact) mass is 249 g/mol. The summed E-state index contributed by atoms with van der Waals surface area (Å²) < 4.78 is 5.39. The van der Waals surface area contributed by atoms with Gasteiger partial charge in [-0.15, -0.1) is 0 Å². The Bertz CT molecular complexity index is 540. The van der Waals surface area contributed by atoms with Crippen molar-refractivity contribution in [2.75, 3.05) is 0 Å². The van der Waals surface area contributed by atoms with Gasteiger partial charge in [0.25, 0.3) is 0 Å². The zero-order valence-electron chi connectivity index (χ0n) is 8.63. The van der Waals surface area contributed by atoms with Crippen LogP contribution in [0.4, 0.5) is 0 Å². The molecule has 0 atom stereocenters. The van der Waals surface area contributed by atoms with Gasteiger partial charge in [-0.25, -0.2) is 4.98 Å². The Morgan fingerprint density at radius 1 is 1.29 bits per heavy atom. The highest BCUT2D eigenvalue weighted by Crippen LogP contribution is 2.31. The Hall–Kier alpha value is -2.07. The van der Waals surface area contributed by atoms with Crippen LogP contribution in [-0.2, 0) is 0 Å². The van der Waals surface area contributed by atoms with Crippen LogP contribution in [0.25, 0.3) is 0 Å². The van der Waals surface area contributed by atoms with E-state index >= 15 is 0 Å². The van der Waals surface area contributed by atoms with Gasteiger partial charge in [0.1, 0.15) is 11.5 Å². The third kappa shape index (κ3) is 2.73. The number of ether oxygens (including phenoxy) is 1. The predicted molar refractivity (Wildman–Crippen MR) is 62.8 cm³/mol. The fraction of sp³-hybridized carbons (Fsp3) is 0. The summed E-state index contributed by atoms with van der Waals surface area (Å²) in [5.74, 6) is 0.769. The average Bonchev–Trinajstić information content (AvgIpc) is 2.34. The van der Waals surface area contributed by atoms with Crippen molar-refractivity contribution in [3.63, 3.8) is 0 Å². The number of aldehydes is 1. The van der Waals surface area contributed by atoms with E-state index in [0.29, 0.717) is 23.5 Å². The Kier molecular flexibility index (Phi) is 3.25. The van der Waals surface area contributed by atoms with Crippen molar-refractivity contribution in [1.29, 1.82) is 0 Å². The van der Waals surface area contributed by atoms with E-state index in [1.54, 1.807) is 12.1 Å². The molecule has 0 saturated heterocycles. The van der Waals surface area contributed by atoms with Gasteiger partial charge in [-0.1, -0.05) is 11.6 Å². The highest BCUT2D eigenvalue weighted by molar-refractivity contribution is 6.32. The lowest BCUT2D eigenvalue weighted by Gasteiger charge is -2.06. The smallest absolute Gasteiger partial charge is 0.219 e. The Balaban J connectivity index is 2.22. The lowest BCUT2D eigenvalue weighted by molar-refractivity contribution is 0.112. The first-order valence-corrected chi connectivity index (χ1v) is 5.14. The number of halogens is 1. The molecular formula is C12H8ClNO3. The van der Waals surface area contributed by atoms with E-state index in [4.69, 9.17) is 16.3 Å². The van der Waals surface area contributed by atoms with Gasteiger partial charge in [0.05, 0.1) is 5.02 Å². The van der Waals surface area contributed by atoms with Gasteiger partial charge in [0.15, 0.2) is 6.29 Å². The third-order valence-electron chi connectivity index (χ3n) is 2.03. The molecule has 5 heteroatoms. The summed E-state index contributed by atoms with van der Waals surface area (Å²) in [5.41, 5.74) is 0.467. The van der Waals surface area contributed by atoms with Gasteiger partial charge in [-0.3, -0.25) is 4.79 Å². The summed E-state index contributed by atoms with van der Waals surface area (Å²) >= 11 is 5.87. The molecule has 0 aliphatic rings. The van der Waals surface area contributed by atoms with E-state index < -0.39 is 0 Å². The highest BCUT2D eigenvalue weighted by atomic mass is 35.5. The lowest BCUT2D eigenvalue weighted by atomic mass is 10.3. The first-order chi connectivity index (χ1) is 8.19. The van der Waals surface area contributed by atoms with Gasteiger partial charge in [0.2, 0.25) is 5.88 Å². The van der Waals surface area contributed by atoms with E-state index in [1.165, 1.54) is 24.4 Å². The van der Waals surface area contributed by atoms with E-state index in [-0.39, 0.29) is 10.8 Å². The molecule has 0 unspecified atom stereocenters. The summed E-state index contributed by atoms with van der Waals surface area (Å²) in [6.45, 7) is 0. The predicted octanol–water partition coefficient (Wildman–Crippen LogP) is 3.05. The van der Waals surface area contributed by atoms with Gasteiger partial charge in [-0.2, -0.15) is 0 Å². The SMILES string of the molecule is O=Cc1ccc(Oc2ccc(O)cc2Cl)nc1. The molecule has 0 radical (unpaired) electrons. The molecule has 1 N–H and O–H groups in total.